The molecule has 22 atom stereocenters. The highest BCUT2D eigenvalue weighted by atomic mass is 16.7. The molecule has 2 aliphatic heterocycles. The molecule has 0 radical (unpaired) electrons. The molecule has 60 heavy (non-hydrogen) atoms. The Balaban J connectivity index is 1.05. The topological polar surface area (TPSA) is 266 Å². The van der Waals surface area contributed by atoms with Gasteiger partial charge in [0, 0.05) is 12.3 Å². The summed E-state index contributed by atoms with van der Waals surface area (Å²) in [7, 11) is 0. The zero-order chi connectivity index (χ0) is 44.1. The third-order valence-electron chi connectivity index (χ3n) is 18.2. The zero-order valence-electron chi connectivity index (χ0n) is 36.4. The van der Waals surface area contributed by atoms with E-state index in [9.17, 15) is 55.9 Å². The van der Waals surface area contributed by atoms with Gasteiger partial charge in [-0.25, -0.2) is 0 Å². The van der Waals surface area contributed by atoms with Crippen LogP contribution in [-0.4, -0.2) is 162 Å². The minimum atomic E-state index is -1.62. The first-order chi connectivity index (χ1) is 28.0. The summed E-state index contributed by atoms with van der Waals surface area (Å²) in [4.78, 5) is 12.4. The number of hydrogen-bond donors (Lipinski definition) is 10. The van der Waals surface area contributed by atoms with Gasteiger partial charge < -0.3 is 74.7 Å². The van der Waals surface area contributed by atoms with Gasteiger partial charge in [-0.15, -0.1) is 0 Å². The Morgan fingerprint density at radius 2 is 1.30 bits per heavy atom. The van der Waals surface area contributed by atoms with E-state index >= 15 is 0 Å². The predicted octanol–water partition coefficient (Wildman–Crippen LogP) is 0.497. The second kappa shape index (κ2) is 16.4. The molecule has 0 aromatic rings. The Kier molecular flexibility index (Phi) is 12.8. The van der Waals surface area contributed by atoms with Crippen LogP contribution in [0, 0.1) is 50.7 Å². The van der Waals surface area contributed by atoms with Crippen LogP contribution in [0.1, 0.15) is 113 Å². The van der Waals surface area contributed by atoms with Gasteiger partial charge in [-0.3, -0.25) is 4.79 Å². The van der Waals surface area contributed by atoms with E-state index < -0.39 is 110 Å². The van der Waals surface area contributed by atoms with E-state index in [2.05, 4.69) is 27.7 Å². The van der Waals surface area contributed by atoms with E-state index in [0.717, 1.165) is 38.5 Å². The van der Waals surface area contributed by atoms with Crippen molar-refractivity contribution in [2.45, 2.75) is 198 Å². The monoisotopic (exact) mass is 858 g/mol. The molecule has 2 spiro atoms. The Labute approximate surface area is 353 Å². The molecule has 0 aromatic heterocycles. The molecule has 10 N–H and O–H groups in total. The van der Waals surface area contributed by atoms with Gasteiger partial charge in [0.15, 0.2) is 12.6 Å². The maximum Gasteiger partial charge on any atom is 0.303 e. The van der Waals surface area contributed by atoms with Crippen molar-refractivity contribution in [2.75, 3.05) is 19.8 Å². The molecule has 16 nitrogen and oxygen atoms in total. The molecule has 5 saturated carbocycles. The summed E-state index contributed by atoms with van der Waals surface area (Å²) in [5.41, 5.74) is -2.20. The molecule has 7 fully saturated rings. The molecule has 2 heterocycles. The fraction of sp³-hybridized carbons (Fsp3) is 0.977. The SMILES string of the molecule is CC(=O)O[C@@H](CC[C@@H](C)[C@H]1[C@@H](O)C[C@@]2(C)[C@@H]3CC[C@H]4[C@@](C)(CO)[C@@H](O[C@@H]5O[C@H](CO)[C@@H](O)[C@H](O)[C@H]5O)CC[C@@]45C[C@]35CC[C@]12C)C(C)(C)O[C@@H]1O[C@H](CO)[C@@H](O)[C@H](O)[C@H]1O. The van der Waals surface area contributed by atoms with Gasteiger partial charge in [0.2, 0.25) is 0 Å². The normalized spacial score (nSPS) is 52.3. The number of carbonyl (C=O) groups is 1. The van der Waals surface area contributed by atoms with Crippen LogP contribution in [0.2, 0.25) is 0 Å². The Morgan fingerprint density at radius 1 is 0.733 bits per heavy atom. The lowest BCUT2D eigenvalue weighted by Crippen LogP contribution is -2.62. The Hall–Kier alpha value is -1.09. The third-order valence-corrected chi connectivity index (χ3v) is 18.2. The van der Waals surface area contributed by atoms with E-state index in [1.54, 1.807) is 13.8 Å². The number of esters is 1. The maximum atomic E-state index is 12.4. The summed E-state index contributed by atoms with van der Waals surface area (Å²) in [6.07, 6.45) is -8.14. The van der Waals surface area contributed by atoms with E-state index in [0.29, 0.717) is 31.6 Å². The number of carbonyl (C=O) groups excluding carboxylic acids is 1. The van der Waals surface area contributed by atoms with Crippen molar-refractivity contribution in [2.24, 2.45) is 50.7 Å². The van der Waals surface area contributed by atoms with E-state index in [1.807, 2.05) is 0 Å². The average molecular weight is 859 g/mol. The van der Waals surface area contributed by atoms with Gasteiger partial charge in [0.05, 0.1) is 32.0 Å². The molecule has 2 saturated heterocycles. The minimum absolute atomic E-state index is 0.00852. The predicted molar refractivity (Wildman–Crippen MR) is 211 cm³/mol. The van der Waals surface area contributed by atoms with Crippen LogP contribution in [0.3, 0.4) is 0 Å². The highest BCUT2D eigenvalue weighted by Crippen LogP contribution is 2.89. The van der Waals surface area contributed by atoms with Crippen LogP contribution in [0.5, 0.6) is 0 Å². The first-order valence-electron chi connectivity index (χ1n) is 22.4. The number of aliphatic hydroxyl groups excluding tert-OH is 10. The van der Waals surface area contributed by atoms with Crippen LogP contribution in [0.15, 0.2) is 0 Å². The van der Waals surface area contributed by atoms with Crippen LogP contribution in [0.4, 0.5) is 0 Å². The van der Waals surface area contributed by atoms with Gasteiger partial charge >= 0.3 is 5.97 Å². The molecule has 0 aromatic carbocycles. The number of ether oxygens (including phenoxy) is 5. The molecule has 7 aliphatic rings. The largest absolute Gasteiger partial charge is 0.460 e. The summed E-state index contributed by atoms with van der Waals surface area (Å²) >= 11 is 0. The first-order valence-corrected chi connectivity index (χ1v) is 22.4. The summed E-state index contributed by atoms with van der Waals surface area (Å²) < 4.78 is 29.8. The fourth-order valence-corrected chi connectivity index (χ4v) is 14.9. The summed E-state index contributed by atoms with van der Waals surface area (Å²) in [6.45, 7) is 12.4. The zero-order valence-corrected chi connectivity index (χ0v) is 36.4. The van der Waals surface area contributed by atoms with Crippen LogP contribution in [-0.2, 0) is 28.5 Å². The molecule has 0 unspecified atom stereocenters. The Bertz CT molecular complexity index is 1550. The van der Waals surface area contributed by atoms with E-state index in [1.165, 1.54) is 6.92 Å². The lowest BCUT2D eigenvalue weighted by atomic mass is 9.41. The molecule has 7 rings (SSSR count). The first kappa shape index (κ1) is 46.9. The maximum absolute atomic E-state index is 12.4. The number of aliphatic hydroxyl groups is 10. The summed E-state index contributed by atoms with van der Waals surface area (Å²) in [6, 6.07) is 0. The fourth-order valence-electron chi connectivity index (χ4n) is 14.9. The smallest absolute Gasteiger partial charge is 0.303 e. The van der Waals surface area contributed by atoms with Crippen LogP contribution < -0.4 is 0 Å². The van der Waals surface area contributed by atoms with Crippen molar-refractivity contribution in [1.82, 2.24) is 0 Å². The molecular weight excluding hydrogens is 784 g/mol. The highest BCUT2D eigenvalue weighted by molar-refractivity contribution is 5.66. The van der Waals surface area contributed by atoms with Gasteiger partial charge in [0.1, 0.15) is 60.5 Å². The molecular formula is C44H74O16. The molecule has 5 aliphatic carbocycles. The third kappa shape index (κ3) is 7.04. The van der Waals surface area contributed by atoms with Crippen molar-refractivity contribution in [1.29, 1.82) is 0 Å². The molecule has 16 heteroatoms. The number of fused-ring (bicyclic) bond motifs is 2. The summed E-state index contributed by atoms with van der Waals surface area (Å²) in [5.74, 6) is -0.0331. The van der Waals surface area contributed by atoms with Gasteiger partial charge in [0.25, 0.3) is 0 Å². The quantitative estimate of drug-likeness (QED) is 0.0893. The standard InChI is InChI=1S/C44H74O16/c1-21(8-11-28(56-22(2)48)39(3,4)60-38-36(55)34(53)32(51)25(18-46)58-38)30-23(49)16-42(7)27-10-9-26-40(5,20-47)29(59-37-35(54)33(52)31(50)24(17-45)57-37)12-13-43(26)19-44(27,43)15-14-41(30,42)6/h21,23-38,45-47,49-55H,8-20H2,1-7H3/t21-,23+,24-,25-,26+,27+,28+,29+,30+,31-,32-,33+,34+,35-,36-,37+,38+,40-,41-,42+,43-,44-/m1/s1. The van der Waals surface area contributed by atoms with Crippen molar-refractivity contribution < 1.29 is 79.5 Å². The van der Waals surface area contributed by atoms with Crippen molar-refractivity contribution >= 4 is 5.97 Å². The summed E-state index contributed by atoms with van der Waals surface area (Å²) in [5, 5.41) is 106. The van der Waals surface area contributed by atoms with Crippen LogP contribution in [0.25, 0.3) is 0 Å². The number of rotatable bonds is 13. The molecule has 346 valence electrons. The van der Waals surface area contributed by atoms with Crippen LogP contribution >= 0.6 is 0 Å². The van der Waals surface area contributed by atoms with Gasteiger partial charge in [-0.2, -0.15) is 0 Å². The van der Waals surface area contributed by atoms with Gasteiger partial charge in [-0.05, 0) is 123 Å². The Morgan fingerprint density at radius 3 is 1.88 bits per heavy atom. The lowest BCUT2D eigenvalue weighted by molar-refractivity contribution is -0.332. The average Bonchev–Trinajstić information content (AvgIpc) is 3.81. The van der Waals surface area contributed by atoms with Gasteiger partial charge in [-0.1, -0.05) is 27.7 Å². The van der Waals surface area contributed by atoms with E-state index in [-0.39, 0.29) is 46.0 Å². The molecule has 0 amide bonds. The number of hydrogen-bond acceptors (Lipinski definition) is 16. The highest BCUT2D eigenvalue weighted by Gasteiger charge is 2.83. The second-order valence-electron chi connectivity index (χ2n) is 21.4. The van der Waals surface area contributed by atoms with E-state index in [4.69, 9.17) is 23.7 Å². The second-order valence-corrected chi connectivity index (χ2v) is 21.4. The minimum Gasteiger partial charge on any atom is -0.460 e. The van der Waals surface area contributed by atoms with Crippen molar-refractivity contribution in [3.8, 4) is 0 Å². The molecule has 0 bridgehead atoms. The lowest BCUT2D eigenvalue weighted by Gasteiger charge is -2.63. The van der Waals surface area contributed by atoms with Crippen molar-refractivity contribution in [3.05, 3.63) is 0 Å². The van der Waals surface area contributed by atoms with Crippen molar-refractivity contribution in [3.63, 3.8) is 0 Å².